The predicted octanol–water partition coefficient (Wildman–Crippen LogP) is 10.8. The van der Waals surface area contributed by atoms with E-state index < -0.39 is 0 Å². The van der Waals surface area contributed by atoms with E-state index in [1.54, 1.807) is 0 Å². The van der Waals surface area contributed by atoms with Crippen molar-refractivity contribution in [3.8, 4) is 0 Å². The van der Waals surface area contributed by atoms with Gasteiger partial charge in [-0.3, -0.25) is 0 Å². The van der Waals surface area contributed by atoms with Gasteiger partial charge in [0.1, 0.15) is 0 Å². The third-order valence-electron chi connectivity index (χ3n) is 2.82. The molecule has 3 aromatic rings. The minimum atomic E-state index is 0. The maximum absolute atomic E-state index is 2.24. The first-order valence-electron chi connectivity index (χ1n) is 9.63. The Morgan fingerprint density at radius 3 is 1.00 bits per heavy atom. The molecule has 0 N–H and O–H groups in total. The summed E-state index contributed by atoms with van der Waals surface area (Å²) in [6.45, 7) is 16.5. The Balaban J connectivity index is -0.0000000759. The summed E-state index contributed by atoms with van der Waals surface area (Å²) >= 11 is 0. The van der Waals surface area contributed by atoms with E-state index in [4.69, 9.17) is 0 Å². The Morgan fingerprint density at radius 1 is 0.536 bits per heavy atom. The zero-order chi connectivity index (χ0) is 19.0. The normalized spacial score (nSPS) is 7.32. The number of rotatable bonds is 0. The van der Waals surface area contributed by atoms with E-state index >= 15 is 0 Å². The fourth-order valence-corrected chi connectivity index (χ4v) is 2.12. The minimum absolute atomic E-state index is 0. The van der Waals surface area contributed by atoms with Gasteiger partial charge in [0, 0.05) is 28.9 Å². The molecule has 0 radical (unpaired) electrons. The van der Waals surface area contributed by atoms with Gasteiger partial charge >= 0.3 is 0 Å². The molecular formula is C27H55N. The zero-order valence-electron chi connectivity index (χ0n) is 17.5. The van der Waals surface area contributed by atoms with Crippen LogP contribution in [0.1, 0.15) is 97.9 Å². The Hall–Kier alpha value is -1.76. The predicted molar refractivity (Wildman–Crippen MR) is 142 cm³/mol. The van der Waals surface area contributed by atoms with E-state index in [-0.39, 0.29) is 29.7 Å². The fourth-order valence-electron chi connectivity index (χ4n) is 2.12. The molecule has 0 amide bonds. The number of nitrogens with zero attached hydrogens (tertiary/aromatic N) is 1. The quantitative estimate of drug-likeness (QED) is 0.358. The van der Waals surface area contributed by atoms with E-state index in [1.807, 2.05) is 27.7 Å². The molecule has 28 heavy (non-hydrogen) atoms. The van der Waals surface area contributed by atoms with Gasteiger partial charge in [-0.05, 0) is 12.1 Å². The minimum Gasteiger partial charge on any atom is -0.344 e. The molecule has 168 valence electrons. The standard InChI is InChI=1S/C13H11N.2C3H8.2C2H6.4CH4/c1-14-12-8-4-2-6-10(12)11-7-3-5-9-13(11)14;2*1-3-2;2*1-2;;;;/h2-9H,1H3;2*3H2,1-2H3;2*1-2H3;4*1H4. The van der Waals surface area contributed by atoms with Crippen LogP contribution in [-0.2, 0) is 7.05 Å². The van der Waals surface area contributed by atoms with Gasteiger partial charge in [-0.1, -0.05) is 134 Å². The van der Waals surface area contributed by atoms with Crippen molar-refractivity contribution in [2.75, 3.05) is 0 Å². The molecule has 0 atom stereocenters. The average Bonchev–Trinajstić information content (AvgIpc) is 2.94. The van der Waals surface area contributed by atoms with Gasteiger partial charge in [0.05, 0.1) is 0 Å². The lowest BCUT2D eigenvalue weighted by Crippen LogP contribution is -1.84. The maximum atomic E-state index is 2.24. The van der Waals surface area contributed by atoms with Crippen LogP contribution in [0, 0.1) is 0 Å². The van der Waals surface area contributed by atoms with E-state index in [1.165, 1.54) is 34.6 Å². The zero-order valence-corrected chi connectivity index (χ0v) is 17.5. The summed E-state index contributed by atoms with van der Waals surface area (Å²) < 4.78 is 2.24. The third-order valence-corrected chi connectivity index (χ3v) is 2.82. The van der Waals surface area contributed by atoms with Crippen molar-refractivity contribution in [1.82, 2.24) is 4.57 Å². The summed E-state index contributed by atoms with van der Waals surface area (Å²) in [6.07, 6.45) is 2.50. The maximum Gasteiger partial charge on any atom is 0.0488 e. The molecule has 0 spiro atoms. The number of aromatic nitrogens is 1. The van der Waals surface area contributed by atoms with Crippen molar-refractivity contribution in [2.24, 2.45) is 7.05 Å². The van der Waals surface area contributed by atoms with Crippen molar-refractivity contribution in [1.29, 1.82) is 0 Å². The lowest BCUT2D eigenvalue weighted by Gasteiger charge is -1.95. The monoisotopic (exact) mass is 393 g/mol. The van der Waals surface area contributed by atoms with Crippen molar-refractivity contribution in [3.63, 3.8) is 0 Å². The number of hydrogen-bond acceptors (Lipinski definition) is 0. The van der Waals surface area contributed by atoms with Gasteiger partial charge in [-0.15, -0.1) is 0 Å². The number of benzene rings is 2. The molecule has 3 rings (SSSR count). The highest BCUT2D eigenvalue weighted by Gasteiger charge is 2.04. The van der Waals surface area contributed by atoms with Crippen LogP contribution in [0.3, 0.4) is 0 Å². The van der Waals surface area contributed by atoms with Gasteiger partial charge in [0.2, 0.25) is 0 Å². The molecule has 0 saturated carbocycles. The Bertz CT molecular complexity index is 580. The molecule has 0 aliphatic rings. The second kappa shape index (κ2) is 27.5. The van der Waals surface area contributed by atoms with Crippen LogP contribution in [0.5, 0.6) is 0 Å². The Kier molecular flexibility index (Phi) is 40.0. The first-order chi connectivity index (χ1) is 11.7. The highest BCUT2D eigenvalue weighted by Crippen LogP contribution is 2.26. The molecule has 0 bridgehead atoms. The highest BCUT2D eigenvalue weighted by atomic mass is 14.9. The second-order valence-electron chi connectivity index (χ2n) is 5.01. The SMILES string of the molecule is C.C.C.C.CC.CC.CCC.CCC.Cn1c2ccccc2c2ccccc21. The van der Waals surface area contributed by atoms with Crippen molar-refractivity contribution >= 4 is 21.8 Å². The number of para-hydroxylation sites is 2. The van der Waals surface area contributed by atoms with Crippen LogP contribution in [0.25, 0.3) is 21.8 Å². The first kappa shape index (κ1) is 40.8. The second-order valence-corrected chi connectivity index (χ2v) is 5.01. The summed E-state index contributed by atoms with van der Waals surface area (Å²) in [5, 5.41) is 2.68. The van der Waals surface area contributed by atoms with Crippen LogP contribution in [0.15, 0.2) is 48.5 Å². The fraction of sp³-hybridized carbons (Fsp3) is 0.556. The topological polar surface area (TPSA) is 4.93 Å². The Morgan fingerprint density at radius 2 is 0.750 bits per heavy atom. The summed E-state index contributed by atoms with van der Waals surface area (Å²) in [5.41, 5.74) is 2.60. The van der Waals surface area contributed by atoms with Crippen LogP contribution in [-0.4, -0.2) is 4.57 Å². The van der Waals surface area contributed by atoms with Crippen LogP contribution in [0.4, 0.5) is 0 Å². The van der Waals surface area contributed by atoms with Gasteiger partial charge < -0.3 is 4.57 Å². The van der Waals surface area contributed by atoms with Gasteiger partial charge in [0.25, 0.3) is 0 Å². The summed E-state index contributed by atoms with van der Waals surface area (Å²) in [7, 11) is 2.12. The van der Waals surface area contributed by atoms with Gasteiger partial charge in [-0.2, -0.15) is 0 Å². The molecule has 2 aromatic carbocycles. The molecule has 1 heteroatoms. The van der Waals surface area contributed by atoms with Crippen LogP contribution >= 0.6 is 0 Å². The summed E-state index contributed by atoms with van der Waals surface area (Å²) in [6, 6.07) is 17.0. The summed E-state index contributed by atoms with van der Waals surface area (Å²) in [5.74, 6) is 0. The van der Waals surface area contributed by atoms with Gasteiger partial charge in [-0.25, -0.2) is 0 Å². The lowest BCUT2D eigenvalue weighted by molar-refractivity contribution is 1.01. The molecule has 1 heterocycles. The first-order valence-corrected chi connectivity index (χ1v) is 9.63. The van der Waals surface area contributed by atoms with Crippen LogP contribution < -0.4 is 0 Å². The van der Waals surface area contributed by atoms with E-state index in [2.05, 4.69) is 87.8 Å². The largest absolute Gasteiger partial charge is 0.344 e. The smallest absolute Gasteiger partial charge is 0.0488 e. The molecule has 0 unspecified atom stereocenters. The molecule has 1 nitrogen and oxygen atoms in total. The van der Waals surface area contributed by atoms with E-state index in [0.717, 1.165) is 0 Å². The van der Waals surface area contributed by atoms with E-state index in [0.29, 0.717) is 0 Å². The molecule has 1 aromatic heterocycles. The molecule has 0 aliphatic carbocycles. The summed E-state index contributed by atoms with van der Waals surface area (Å²) in [4.78, 5) is 0. The van der Waals surface area contributed by atoms with Gasteiger partial charge in [0.15, 0.2) is 0 Å². The number of fused-ring (bicyclic) bond motifs is 3. The number of aryl methyl sites for hydroxylation is 1. The van der Waals surface area contributed by atoms with E-state index in [9.17, 15) is 0 Å². The molecule has 0 fully saturated rings. The Labute approximate surface area is 180 Å². The lowest BCUT2D eigenvalue weighted by atomic mass is 10.2. The van der Waals surface area contributed by atoms with Crippen molar-refractivity contribution < 1.29 is 0 Å². The average molecular weight is 394 g/mol. The number of hydrogen-bond donors (Lipinski definition) is 0. The molecule has 0 aliphatic heterocycles. The molecular weight excluding hydrogens is 338 g/mol. The van der Waals surface area contributed by atoms with Crippen molar-refractivity contribution in [3.05, 3.63) is 48.5 Å². The third kappa shape index (κ3) is 12.6. The highest BCUT2D eigenvalue weighted by molar-refractivity contribution is 6.07. The van der Waals surface area contributed by atoms with Crippen LogP contribution in [0.2, 0.25) is 0 Å². The van der Waals surface area contributed by atoms with Crippen molar-refractivity contribution in [2.45, 2.75) is 97.9 Å². The molecule has 0 saturated heterocycles.